The number of hydrogen-bond acceptors (Lipinski definition) is 2. The lowest BCUT2D eigenvalue weighted by molar-refractivity contribution is 0.922. The normalized spacial score (nSPS) is 11.0. The van der Waals surface area contributed by atoms with Gasteiger partial charge in [-0.05, 0) is 32.5 Å². The minimum absolute atomic E-state index is 0.896. The van der Waals surface area contributed by atoms with E-state index in [2.05, 4.69) is 28.5 Å². The highest BCUT2D eigenvalue weighted by Gasteiger charge is 1.94. The van der Waals surface area contributed by atoms with Gasteiger partial charge in [-0.15, -0.1) is 0 Å². The highest BCUT2D eigenvalue weighted by Crippen LogP contribution is 2.07. The Morgan fingerprint density at radius 3 is 2.77 bits per heavy atom. The second-order valence-corrected chi connectivity index (χ2v) is 3.09. The Bertz CT molecular complexity index is 303. The van der Waals surface area contributed by atoms with Crippen molar-refractivity contribution in [3.63, 3.8) is 0 Å². The summed E-state index contributed by atoms with van der Waals surface area (Å²) in [7, 11) is 1.94. The van der Waals surface area contributed by atoms with Crippen molar-refractivity contribution >= 4 is 6.08 Å². The first-order valence-corrected chi connectivity index (χ1v) is 4.49. The van der Waals surface area contributed by atoms with E-state index in [0.717, 1.165) is 17.9 Å². The van der Waals surface area contributed by atoms with Gasteiger partial charge in [-0.3, -0.25) is 4.98 Å². The monoisotopic (exact) mass is 176 g/mol. The van der Waals surface area contributed by atoms with Crippen LogP contribution >= 0.6 is 0 Å². The van der Waals surface area contributed by atoms with Crippen LogP contribution in [0.1, 0.15) is 17.0 Å². The first kappa shape index (κ1) is 9.93. The molecule has 0 saturated heterocycles. The molecule has 0 aromatic carbocycles. The molecular weight excluding hydrogens is 160 g/mol. The molecule has 1 N–H and O–H groups in total. The molecule has 1 aromatic heterocycles. The number of hydrogen-bond donors (Lipinski definition) is 1. The second-order valence-electron chi connectivity index (χ2n) is 3.09. The van der Waals surface area contributed by atoms with Crippen LogP contribution in [-0.4, -0.2) is 18.6 Å². The standard InChI is InChI=1S/C11H16N2/c1-9-6-7-11(10(2)13-9)5-4-8-12-3/h4-7,12H,8H2,1-3H3. The van der Waals surface area contributed by atoms with Gasteiger partial charge in [0.2, 0.25) is 0 Å². The first-order valence-electron chi connectivity index (χ1n) is 4.49. The Balaban J connectivity index is 2.77. The van der Waals surface area contributed by atoms with Gasteiger partial charge >= 0.3 is 0 Å². The molecule has 0 saturated carbocycles. The topological polar surface area (TPSA) is 24.9 Å². The van der Waals surface area contributed by atoms with Crippen LogP contribution in [0, 0.1) is 13.8 Å². The van der Waals surface area contributed by atoms with E-state index in [1.165, 1.54) is 5.56 Å². The van der Waals surface area contributed by atoms with Crippen LogP contribution in [0.3, 0.4) is 0 Å². The van der Waals surface area contributed by atoms with E-state index in [9.17, 15) is 0 Å². The van der Waals surface area contributed by atoms with Gasteiger partial charge in [-0.25, -0.2) is 0 Å². The minimum Gasteiger partial charge on any atom is -0.316 e. The first-order chi connectivity index (χ1) is 6.24. The molecule has 0 fully saturated rings. The molecule has 2 heteroatoms. The number of nitrogens with one attached hydrogen (secondary N) is 1. The number of aromatic nitrogens is 1. The Kier molecular flexibility index (Phi) is 3.65. The lowest BCUT2D eigenvalue weighted by Gasteiger charge is -2.00. The highest BCUT2D eigenvalue weighted by atomic mass is 14.8. The molecule has 0 aliphatic rings. The van der Waals surface area contributed by atoms with Crippen LogP contribution in [0.25, 0.3) is 6.08 Å². The van der Waals surface area contributed by atoms with Crippen molar-refractivity contribution < 1.29 is 0 Å². The fraction of sp³-hybridized carbons (Fsp3) is 0.364. The molecule has 0 aliphatic carbocycles. The maximum absolute atomic E-state index is 4.38. The van der Waals surface area contributed by atoms with Gasteiger partial charge in [0.05, 0.1) is 0 Å². The zero-order valence-corrected chi connectivity index (χ0v) is 8.46. The summed E-state index contributed by atoms with van der Waals surface area (Å²) in [6, 6.07) is 4.13. The van der Waals surface area contributed by atoms with Gasteiger partial charge in [0.1, 0.15) is 0 Å². The third-order valence-electron chi connectivity index (χ3n) is 1.89. The molecule has 0 atom stereocenters. The summed E-state index contributed by atoms with van der Waals surface area (Å²) in [5.41, 5.74) is 3.36. The SMILES string of the molecule is CNCC=Cc1ccc(C)nc1C. The summed E-state index contributed by atoms with van der Waals surface area (Å²) < 4.78 is 0. The van der Waals surface area contributed by atoms with Crippen molar-refractivity contribution in [3.05, 3.63) is 35.2 Å². The van der Waals surface area contributed by atoms with Crippen molar-refractivity contribution in [1.82, 2.24) is 10.3 Å². The molecule has 1 aromatic rings. The lowest BCUT2D eigenvalue weighted by Crippen LogP contribution is -2.03. The number of pyridine rings is 1. The maximum atomic E-state index is 4.38. The van der Waals surface area contributed by atoms with Gasteiger partial charge in [0, 0.05) is 17.9 Å². The van der Waals surface area contributed by atoms with Gasteiger partial charge < -0.3 is 5.32 Å². The Morgan fingerprint density at radius 1 is 1.38 bits per heavy atom. The van der Waals surface area contributed by atoms with Crippen molar-refractivity contribution in [2.45, 2.75) is 13.8 Å². The van der Waals surface area contributed by atoms with Crippen molar-refractivity contribution in [2.24, 2.45) is 0 Å². The zero-order chi connectivity index (χ0) is 9.68. The summed E-state index contributed by atoms with van der Waals surface area (Å²) in [4.78, 5) is 4.38. The third-order valence-corrected chi connectivity index (χ3v) is 1.89. The molecule has 0 unspecified atom stereocenters. The molecule has 70 valence electrons. The van der Waals surface area contributed by atoms with E-state index in [-0.39, 0.29) is 0 Å². The van der Waals surface area contributed by atoms with E-state index in [1.54, 1.807) is 0 Å². The molecule has 1 heterocycles. The van der Waals surface area contributed by atoms with Crippen LogP contribution in [-0.2, 0) is 0 Å². The van der Waals surface area contributed by atoms with E-state index in [0.29, 0.717) is 0 Å². The second kappa shape index (κ2) is 4.77. The zero-order valence-electron chi connectivity index (χ0n) is 8.46. The summed E-state index contributed by atoms with van der Waals surface area (Å²) in [6.07, 6.45) is 4.19. The fourth-order valence-electron chi connectivity index (χ4n) is 1.18. The number of likely N-dealkylation sites (N-methyl/N-ethyl adjacent to an activating group) is 1. The van der Waals surface area contributed by atoms with E-state index in [4.69, 9.17) is 0 Å². The van der Waals surface area contributed by atoms with Crippen LogP contribution in [0.15, 0.2) is 18.2 Å². The molecular formula is C11H16N2. The third kappa shape index (κ3) is 2.99. The molecule has 2 nitrogen and oxygen atoms in total. The van der Waals surface area contributed by atoms with E-state index >= 15 is 0 Å². The van der Waals surface area contributed by atoms with Gasteiger partial charge in [-0.1, -0.05) is 18.2 Å². The van der Waals surface area contributed by atoms with Crippen molar-refractivity contribution in [2.75, 3.05) is 13.6 Å². The molecule has 0 amide bonds. The number of rotatable bonds is 3. The highest BCUT2D eigenvalue weighted by molar-refractivity contribution is 5.51. The Morgan fingerprint density at radius 2 is 2.15 bits per heavy atom. The molecule has 0 spiro atoms. The van der Waals surface area contributed by atoms with Crippen LogP contribution < -0.4 is 5.32 Å². The van der Waals surface area contributed by atoms with E-state index in [1.807, 2.05) is 27.0 Å². The lowest BCUT2D eigenvalue weighted by atomic mass is 10.2. The van der Waals surface area contributed by atoms with E-state index < -0.39 is 0 Å². The molecule has 0 aliphatic heterocycles. The van der Waals surface area contributed by atoms with Crippen LogP contribution in [0.4, 0.5) is 0 Å². The predicted molar refractivity (Wildman–Crippen MR) is 56.7 cm³/mol. The number of nitrogens with zero attached hydrogens (tertiary/aromatic N) is 1. The minimum atomic E-state index is 0.896. The van der Waals surface area contributed by atoms with Gasteiger partial charge in [-0.2, -0.15) is 0 Å². The predicted octanol–water partition coefficient (Wildman–Crippen LogP) is 1.93. The molecule has 1 rings (SSSR count). The largest absolute Gasteiger partial charge is 0.316 e. The summed E-state index contributed by atoms with van der Waals surface area (Å²) in [5, 5.41) is 3.06. The van der Waals surface area contributed by atoms with Crippen molar-refractivity contribution in [1.29, 1.82) is 0 Å². The quantitative estimate of drug-likeness (QED) is 0.761. The Labute approximate surface area is 79.7 Å². The van der Waals surface area contributed by atoms with Gasteiger partial charge in [0.25, 0.3) is 0 Å². The average molecular weight is 176 g/mol. The smallest absolute Gasteiger partial charge is 0.0447 e. The average Bonchev–Trinajstić information content (AvgIpc) is 2.09. The Hall–Kier alpha value is -1.15. The maximum Gasteiger partial charge on any atom is 0.0447 e. The number of aryl methyl sites for hydroxylation is 2. The molecule has 13 heavy (non-hydrogen) atoms. The van der Waals surface area contributed by atoms with Gasteiger partial charge in [0.15, 0.2) is 0 Å². The fourth-order valence-corrected chi connectivity index (χ4v) is 1.18. The van der Waals surface area contributed by atoms with Crippen molar-refractivity contribution in [3.8, 4) is 0 Å². The summed E-state index contributed by atoms with van der Waals surface area (Å²) >= 11 is 0. The summed E-state index contributed by atoms with van der Waals surface area (Å²) in [5.74, 6) is 0. The summed E-state index contributed by atoms with van der Waals surface area (Å²) in [6.45, 7) is 4.94. The van der Waals surface area contributed by atoms with Crippen LogP contribution in [0.2, 0.25) is 0 Å². The molecule has 0 radical (unpaired) electrons. The van der Waals surface area contributed by atoms with Crippen LogP contribution in [0.5, 0.6) is 0 Å². The molecule has 0 bridgehead atoms.